The molecule has 134 valence electrons. The second-order valence-electron chi connectivity index (χ2n) is 9.50. The number of aliphatic hydroxyl groups is 2. The third-order valence-electron chi connectivity index (χ3n) is 8.80. The summed E-state index contributed by atoms with van der Waals surface area (Å²) in [5.74, 6) is 1.50. The van der Waals surface area contributed by atoms with Crippen molar-refractivity contribution in [3.8, 4) is 0 Å². The minimum Gasteiger partial charge on any atom is -0.393 e. The van der Waals surface area contributed by atoms with E-state index in [9.17, 15) is 15.0 Å². The van der Waals surface area contributed by atoms with Crippen molar-refractivity contribution in [2.45, 2.75) is 83.8 Å². The van der Waals surface area contributed by atoms with Gasteiger partial charge in [0.2, 0.25) is 0 Å². The highest BCUT2D eigenvalue weighted by Gasteiger charge is 2.65. The average Bonchev–Trinajstić information content (AvgIpc) is 2.79. The molecule has 3 fully saturated rings. The van der Waals surface area contributed by atoms with Gasteiger partial charge in [0.05, 0.1) is 11.7 Å². The number of fused-ring (bicyclic) bond motifs is 5. The van der Waals surface area contributed by atoms with E-state index in [0.717, 1.165) is 38.5 Å². The van der Waals surface area contributed by atoms with Gasteiger partial charge in [-0.1, -0.05) is 26.3 Å². The fraction of sp³-hybridized carbons (Fsp3) is 0.857. The van der Waals surface area contributed by atoms with Gasteiger partial charge in [0, 0.05) is 11.8 Å². The number of hydrogen-bond acceptors (Lipinski definition) is 3. The van der Waals surface area contributed by atoms with Crippen LogP contribution in [-0.2, 0) is 4.79 Å². The van der Waals surface area contributed by atoms with Gasteiger partial charge in [-0.05, 0) is 74.2 Å². The predicted molar refractivity (Wildman–Crippen MR) is 93.3 cm³/mol. The Labute approximate surface area is 145 Å². The van der Waals surface area contributed by atoms with E-state index in [0.29, 0.717) is 24.7 Å². The number of hydrogen-bond donors (Lipinski definition) is 2. The summed E-state index contributed by atoms with van der Waals surface area (Å²) in [6, 6.07) is 0. The lowest BCUT2D eigenvalue weighted by molar-refractivity contribution is -0.172. The summed E-state index contributed by atoms with van der Waals surface area (Å²) in [4.78, 5) is 11.9. The molecule has 0 radical (unpaired) electrons. The van der Waals surface area contributed by atoms with Crippen LogP contribution in [0.1, 0.15) is 72.1 Å². The summed E-state index contributed by atoms with van der Waals surface area (Å²) in [6.45, 7) is 6.60. The van der Waals surface area contributed by atoms with Gasteiger partial charge in [-0.3, -0.25) is 4.79 Å². The summed E-state index contributed by atoms with van der Waals surface area (Å²) in [6.07, 6.45) is 8.53. The summed E-state index contributed by atoms with van der Waals surface area (Å²) in [5.41, 5.74) is 0.476. The van der Waals surface area contributed by atoms with Crippen molar-refractivity contribution in [1.82, 2.24) is 0 Å². The molecule has 0 spiro atoms. The molecule has 3 nitrogen and oxygen atoms in total. The van der Waals surface area contributed by atoms with Crippen LogP contribution >= 0.6 is 0 Å². The number of rotatable bonds is 1. The molecule has 0 aromatic carbocycles. The second-order valence-corrected chi connectivity index (χ2v) is 9.50. The van der Waals surface area contributed by atoms with Crippen LogP contribution < -0.4 is 0 Å². The van der Waals surface area contributed by atoms with Crippen molar-refractivity contribution in [2.75, 3.05) is 0 Å². The molecule has 0 bridgehead atoms. The highest BCUT2D eigenvalue weighted by molar-refractivity contribution is 5.91. The second kappa shape index (κ2) is 5.17. The monoisotopic (exact) mass is 332 g/mol. The van der Waals surface area contributed by atoms with Crippen molar-refractivity contribution in [2.24, 2.45) is 28.6 Å². The maximum Gasteiger partial charge on any atom is 0.155 e. The normalized spacial score (nSPS) is 53.9. The first-order chi connectivity index (χ1) is 11.2. The van der Waals surface area contributed by atoms with Crippen LogP contribution in [0.15, 0.2) is 11.6 Å². The van der Waals surface area contributed by atoms with Crippen molar-refractivity contribution >= 4 is 5.78 Å². The van der Waals surface area contributed by atoms with Crippen molar-refractivity contribution in [1.29, 1.82) is 0 Å². The van der Waals surface area contributed by atoms with Crippen molar-refractivity contribution < 1.29 is 15.0 Å². The van der Waals surface area contributed by atoms with Crippen LogP contribution in [0, 0.1) is 28.6 Å². The molecule has 0 aromatic rings. The van der Waals surface area contributed by atoms with Crippen molar-refractivity contribution in [3.63, 3.8) is 0 Å². The Morgan fingerprint density at radius 2 is 1.96 bits per heavy atom. The number of ketones is 1. The molecular weight excluding hydrogens is 300 g/mol. The quantitative estimate of drug-likeness (QED) is 0.771. The van der Waals surface area contributed by atoms with Gasteiger partial charge in [-0.2, -0.15) is 0 Å². The van der Waals surface area contributed by atoms with Gasteiger partial charge in [-0.15, -0.1) is 0 Å². The van der Waals surface area contributed by atoms with Gasteiger partial charge in [0.25, 0.3) is 0 Å². The minimum absolute atomic E-state index is 0.0233. The standard InChI is InChI=1S/C21H32O3/c1-4-21(24)10-8-16-15-6-5-13-11-14(22)7-9-19(13,2)18(15)17(23)12-20(16,21)3/h11,15-18,23-24H,4-10,12H2,1-3H3/t15-,16-,17+,18+,19-,20-,21+/m0/s1. The van der Waals surface area contributed by atoms with Gasteiger partial charge < -0.3 is 10.2 Å². The predicted octanol–water partition coefficient (Wildman–Crippen LogP) is 3.63. The van der Waals surface area contributed by atoms with Crippen LogP contribution in [0.5, 0.6) is 0 Å². The molecule has 0 heterocycles. The Kier molecular flexibility index (Phi) is 3.61. The Bertz CT molecular complexity index is 596. The molecule has 24 heavy (non-hydrogen) atoms. The zero-order valence-electron chi connectivity index (χ0n) is 15.3. The maximum atomic E-state index is 11.9. The van der Waals surface area contributed by atoms with E-state index < -0.39 is 5.60 Å². The molecule has 4 aliphatic carbocycles. The highest BCUT2D eigenvalue weighted by Crippen LogP contribution is 2.67. The molecule has 0 unspecified atom stereocenters. The molecule has 0 saturated heterocycles. The summed E-state index contributed by atoms with van der Waals surface area (Å²) in [5, 5.41) is 22.4. The number of aliphatic hydroxyl groups excluding tert-OH is 1. The van der Waals surface area contributed by atoms with Gasteiger partial charge in [0.15, 0.2) is 5.78 Å². The lowest BCUT2D eigenvalue weighted by atomic mass is 9.45. The van der Waals surface area contributed by atoms with E-state index in [-0.39, 0.29) is 28.6 Å². The number of allylic oxidation sites excluding steroid dienone is 1. The van der Waals surface area contributed by atoms with Crippen LogP contribution in [0.3, 0.4) is 0 Å². The Hall–Kier alpha value is -0.670. The van der Waals surface area contributed by atoms with E-state index in [1.54, 1.807) is 0 Å². The summed E-state index contributed by atoms with van der Waals surface area (Å²) < 4.78 is 0. The van der Waals surface area contributed by atoms with E-state index in [4.69, 9.17) is 0 Å². The number of carbonyl (C=O) groups excluding carboxylic acids is 1. The van der Waals surface area contributed by atoms with Crippen LogP contribution in [-0.4, -0.2) is 27.7 Å². The smallest absolute Gasteiger partial charge is 0.155 e. The largest absolute Gasteiger partial charge is 0.393 e. The van der Waals surface area contributed by atoms with E-state index in [1.165, 1.54) is 5.57 Å². The first-order valence-electron chi connectivity index (χ1n) is 9.89. The Morgan fingerprint density at radius 1 is 1.21 bits per heavy atom. The summed E-state index contributed by atoms with van der Waals surface area (Å²) in [7, 11) is 0. The minimum atomic E-state index is -0.622. The van der Waals surface area contributed by atoms with Gasteiger partial charge in [-0.25, -0.2) is 0 Å². The van der Waals surface area contributed by atoms with E-state index in [1.807, 2.05) is 6.08 Å². The number of carbonyl (C=O) groups is 1. The molecule has 4 aliphatic rings. The third kappa shape index (κ3) is 1.94. The molecule has 0 aliphatic heterocycles. The van der Waals surface area contributed by atoms with Crippen LogP contribution in [0.4, 0.5) is 0 Å². The third-order valence-corrected chi connectivity index (χ3v) is 8.80. The zero-order valence-corrected chi connectivity index (χ0v) is 15.3. The fourth-order valence-electron chi connectivity index (χ4n) is 7.36. The molecule has 0 aromatic heterocycles. The average molecular weight is 332 g/mol. The molecule has 7 atom stereocenters. The van der Waals surface area contributed by atoms with Crippen LogP contribution in [0.2, 0.25) is 0 Å². The molecular formula is C21H32O3. The Morgan fingerprint density at radius 3 is 2.67 bits per heavy atom. The zero-order chi connectivity index (χ0) is 17.3. The van der Waals surface area contributed by atoms with Crippen molar-refractivity contribution in [3.05, 3.63) is 11.6 Å². The Balaban J connectivity index is 1.74. The first kappa shape index (κ1) is 16.8. The fourth-order valence-corrected chi connectivity index (χ4v) is 7.36. The SMILES string of the molecule is CC[C@@]1(O)CC[C@H]2[C@@H]3CCC4=CC(=O)CC[C@]4(C)[C@H]3[C@H](O)C[C@@]21C. The summed E-state index contributed by atoms with van der Waals surface area (Å²) >= 11 is 0. The highest BCUT2D eigenvalue weighted by atomic mass is 16.3. The molecule has 2 N–H and O–H groups in total. The lowest BCUT2D eigenvalue weighted by Gasteiger charge is -2.60. The van der Waals surface area contributed by atoms with E-state index >= 15 is 0 Å². The molecule has 3 heteroatoms. The van der Waals surface area contributed by atoms with Gasteiger partial charge in [0.1, 0.15) is 0 Å². The van der Waals surface area contributed by atoms with Crippen LogP contribution in [0.25, 0.3) is 0 Å². The molecule has 3 saturated carbocycles. The topological polar surface area (TPSA) is 57.5 Å². The first-order valence-corrected chi connectivity index (χ1v) is 9.89. The van der Waals surface area contributed by atoms with E-state index in [2.05, 4.69) is 20.8 Å². The molecule has 0 amide bonds. The maximum absolute atomic E-state index is 11.9. The van der Waals surface area contributed by atoms with Gasteiger partial charge >= 0.3 is 0 Å². The lowest BCUT2D eigenvalue weighted by Crippen LogP contribution is -2.59. The molecule has 4 rings (SSSR count).